The second-order valence-corrected chi connectivity index (χ2v) is 9.24. The number of benzene rings is 2. The van der Waals surface area contributed by atoms with Gasteiger partial charge in [-0.3, -0.25) is 4.79 Å². The number of hydrogen-bond donors (Lipinski definition) is 1. The van der Waals surface area contributed by atoms with Crippen molar-refractivity contribution in [2.24, 2.45) is 0 Å². The van der Waals surface area contributed by atoms with E-state index in [2.05, 4.69) is 14.6 Å². The van der Waals surface area contributed by atoms with Gasteiger partial charge >= 0.3 is 0 Å². The average molecular weight is 466 g/mol. The van der Waals surface area contributed by atoms with Crippen molar-refractivity contribution >= 4 is 63.2 Å². The summed E-state index contributed by atoms with van der Waals surface area (Å²) in [6.07, 6.45) is 0. The van der Waals surface area contributed by atoms with Crippen molar-refractivity contribution in [3.05, 3.63) is 52.1 Å². The zero-order chi connectivity index (χ0) is 20.5. The Labute approximate surface area is 187 Å². The molecule has 0 unspecified atom stereocenters. The molecular formula is C20H17Cl2N3O2S2. The Morgan fingerprint density at radius 1 is 1.31 bits per heavy atom. The van der Waals surface area contributed by atoms with Crippen molar-refractivity contribution in [2.45, 2.75) is 18.7 Å². The molecule has 2 heterocycles. The largest absolute Gasteiger partial charge is 0.489 e. The predicted octanol–water partition coefficient (Wildman–Crippen LogP) is 6.29. The number of thiazole rings is 1. The maximum atomic E-state index is 11.3. The first-order chi connectivity index (χ1) is 13.9. The Bertz CT molecular complexity index is 1090. The molecule has 2 aromatic carbocycles. The SMILES string of the molecule is CC(=O)Nc1nc(C)c(-c2ccc3c(c2)OCCN3Sc2cccc(Cl)c2Cl)s1. The fourth-order valence-electron chi connectivity index (χ4n) is 2.97. The van der Waals surface area contributed by atoms with Gasteiger partial charge in [-0.1, -0.05) is 46.7 Å². The van der Waals surface area contributed by atoms with E-state index in [1.807, 2.05) is 37.3 Å². The molecule has 0 radical (unpaired) electrons. The summed E-state index contributed by atoms with van der Waals surface area (Å²) in [7, 11) is 0. The number of rotatable bonds is 4. The molecular weight excluding hydrogens is 449 g/mol. The number of ether oxygens (including phenoxy) is 1. The standard InChI is InChI=1S/C20H17Cl2N3O2S2/c1-11-19(28-20(23-11)24-12(2)26)13-6-7-15-16(10-13)27-9-8-25(15)29-17-5-3-4-14(21)18(17)22/h3-7,10H,8-9H2,1-2H3,(H,23,24,26). The molecule has 4 rings (SSSR count). The Morgan fingerprint density at radius 2 is 2.14 bits per heavy atom. The third-order valence-corrected chi connectivity index (χ3v) is 7.44. The van der Waals surface area contributed by atoms with Crippen LogP contribution >= 0.6 is 46.5 Å². The number of amides is 1. The Balaban J connectivity index is 1.63. The highest BCUT2D eigenvalue weighted by atomic mass is 35.5. The second kappa shape index (κ2) is 8.44. The van der Waals surface area contributed by atoms with Crippen molar-refractivity contribution < 1.29 is 9.53 Å². The zero-order valence-electron chi connectivity index (χ0n) is 15.7. The van der Waals surface area contributed by atoms with Gasteiger partial charge in [-0.25, -0.2) is 4.98 Å². The smallest absolute Gasteiger partial charge is 0.223 e. The van der Waals surface area contributed by atoms with Crippen molar-refractivity contribution in [3.63, 3.8) is 0 Å². The monoisotopic (exact) mass is 465 g/mol. The lowest BCUT2D eigenvalue weighted by Gasteiger charge is -2.30. The molecule has 5 nitrogen and oxygen atoms in total. The zero-order valence-corrected chi connectivity index (χ0v) is 18.8. The first-order valence-corrected chi connectivity index (χ1v) is 11.2. The minimum Gasteiger partial charge on any atom is -0.489 e. The summed E-state index contributed by atoms with van der Waals surface area (Å²) in [5.74, 6) is 0.666. The fourth-order valence-corrected chi connectivity index (χ4v) is 5.42. The maximum Gasteiger partial charge on any atom is 0.223 e. The lowest BCUT2D eigenvalue weighted by atomic mass is 10.1. The molecule has 150 valence electrons. The lowest BCUT2D eigenvalue weighted by molar-refractivity contribution is -0.114. The van der Waals surface area contributed by atoms with E-state index in [9.17, 15) is 4.79 Å². The average Bonchev–Trinajstić information content (AvgIpc) is 3.04. The third kappa shape index (κ3) is 4.33. The summed E-state index contributed by atoms with van der Waals surface area (Å²) in [4.78, 5) is 17.6. The van der Waals surface area contributed by atoms with Gasteiger partial charge in [0.2, 0.25) is 5.91 Å². The van der Waals surface area contributed by atoms with Gasteiger partial charge in [0.25, 0.3) is 0 Å². The van der Waals surface area contributed by atoms with Crippen LogP contribution in [0.5, 0.6) is 5.75 Å². The van der Waals surface area contributed by atoms with Gasteiger partial charge in [-0.2, -0.15) is 0 Å². The molecule has 0 atom stereocenters. The van der Waals surface area contributed by atoms with Crippen LogP contribution in [0, 0.1) is 6.92 Å². The number of carbonyl (C=O) groups is 1. The highest BCUT2D eigenvalue weighted by Crippen LogP contribution is 2.44. The number of fused-ring (bicyclic) bond motifs is 1. The molecule has 0 aliphatic carbocycles. The van der Waals surface area contributed by atoms with Crippen molar-refractivity contribution in [1.82, 2.24) is 4.98 Å². The van der Waals surface area contributed by atoms with Gasteiger partial charge in [-0.15, -0.1) is 0 Å². The van der Waals surface area contributed by atoms with Crippen LogP contribution in [0.1, 0.15) is 12.6 Å². The van der Waals surface area contributed by atoms with E-state index < -0.39 is 0 Å². The maximum absolute atomic E-state index is 11.3. The molecule has 29 heavy (non-hydrogen) atoms. The number of nitrogens with zero attached hydrogens (tertiary/aromatic N) is 2. The first-order valence-electron chi connectivity index (χ1n) is 8.84. The quantitative estimate of drug-likeness (QED) is 0.458. The summed E-state index contributed by atoms with van der Waals surface area (Å²) in [6.45, 7) is 4.70. The summed E-state index contributed by atoms with van der Waals surface area (Å²) in [6, 6.07) is 11.7. The summed E-state index contributed by atoms with van der Waals surface area (Å²) >= 11 is 15.5. The Hall–Kier alpha value is -1.93. The third-order valence-electron chi connectivity index (χ3n) is 4.25. The van der Waals surface area contributed by atoms with Gasteiger partial charge in [0.15, 0.2) is 5.13 Å². The van der Waals surface area contributed by atoms with E-state index in [1.54, 1.807) is 18.0 Å². The molecule has 3 aromatic rings. The van der Waals surface area contributed by atoms with E-state index in [-0.39, 0.29) is 5.91 Å². The fraction of sp³-hybridized carbons (Fsp3) is 0.200. The topological polar surface area (TPSA) is 54.5 Å². The van der Waals surface area contributed by atoms with Gasteiger partial charge < -0.3 is 14.4 Å². The molecule has 0 spiro atoms. The molecule has 0 saturated carbocycles. The number of nitrogens with one attached hydrogen (secondary N) is 1. The molecule has 0 saturated heterocycles. The number of hydrogen-bond acceptors (Lipinski definition) is 6. The van der Waals surface area contributed by atoms with Gasteiger partial charge in [0.1, 0.15) is 12.4 Å². The van der Waals surface area contributed by atoms with Crippen LogP contribution in [-0.2, 0) is 4.79 Å². The highest BCUT2D eigenvalue weighted by Gasteiger charge is 2.22. The second-order valence-electron chi connectivity index (χ2n) is 6.39. The molecule has 1 N–H and O–H groups in total. The number of halogens is 2. The van der Waals surface area contributed by atoms with Crippen molar-refractivity contribution in [2.75, 3.05) is 22.8 Å². The van der Waals surface area contributed by atoms with Gasteiger partial charge in [0, 0.05) is 11.8 Å². The molecule has 1 aromatic heterocycles. The van der Waals surface area contributed by atoms with Crippen LogP contribution in [0.15, 0.2) is 41.3 Å². The van der Waals surface area contributed by atoms with E-state index in [1.165, 1.54) is 18.3 Å². The molecule has 0 bridgehead atoms. The summed E-state index contributed by atoms with van der Waals surface area (Å²) in [5.41, 5.74) is 2.85. The lowest BCUT2D eigenvalue weighted by Crippen LogP contribution is -2.26. The van der Waals surface area contributed by atoms with Crippen LogP contribution < -0.4 is 14.4 Å². The van der Waals surface area contributed by atoms with Crippen LogP contribution in [0.4, 0.5) is 10.8 Å². The normalized spacial score (nSPS) is 13.0. The first kappa shape index (κ1) is 20.3. The summed E-state index contributed by atoms with van der Waals surface area (Å²) in [5, 5.41) is 4.43. The predicted molar refractivity (Wildman–Crippen MR) is 122 cm³/mol. The van der Waals surface area contributed by atoms with Gasteiger partial charge in [-0.05, 0) is 48.7 Å². The molecule has 1 aliphatic heterocycles. The van der Waals surface area contributed by atoms with E-state index >= 15 is 0 Å². The highest BCUT2D eigenvalue weighted by molar-refractivity contribution is 8.00. The van der Waals surface area contributed by atoms with Gasteiger partial charge in [0.05, 0.1) is 32.8 Å². The number of carbonyl (C=O) groups excluding carboxylic acids is 1. The van der Waals surface area contributed by atoms with Crippen LogP contribution in [-0.4, -0.2) is 24.0 Å². The Morgan fingerprint density at radius 3 is 2.93 bits per heavy atom. The number of aromatic nitrogens is 1. The van der Waals surface area contributed by atoms with E-state index in [4.69, 9.17) is 27.9 Å². The molecule has 9 heteroatoms. The van der Waals surface area contributed by atoms with Crippen LogP contribution in [0.3, 0.4) is 0 Å². The Kier molecular flexibility index (Phi) is 5.92. The van der Waals surface area contributed by atoms with Crippen molar-refractivity contribution in [3.8, 4) is 16.2 Å². The molecule has 1 aliphatic rings. The van der Waals surface area contributed by atoms with Crippen LogP contribution in [0.25, 0.3) is 10.4 Å². The molecule has 1 amide bonds. The van der Waals surface area contributed by atoms with Crippen molar-refractivity contribution in [1.29, 1.82) is 0 Å². The minimum absolute atomic E-state index is 0.133. The number of anilines is 2. The minimum atomic E-state index is -0.133. The van der Waals surface area contributed by atoms with E-state index in [0.717, 1.165) is 39.0 Å². The van der Waals surface area contributed by atoms with Crippen LogP contribution in [0.2, 0.25) is 10.0 Å². The van der Waals surface area contributed by atoms with E-state index in [0.29, 0.717) is 21.8 Å². The summed E-state index contributed by atoms with van der Waals surface area (Å²) < 4.78 is 8.07. The number of aryl methyl sites for hydroxylation is 1. The molecule has 0 fully saturated rings.